The molecule has 12 heteroatoms. The fraction of sp³-hybridized carbons (Fsp3) is 0.281. The van der Waals surface area contributed by atoms with Crippen molar-refractivity contribution in [2.75, 3.05) is 38.2 Å². The van der Waals surface area contributed by atoms with Crippen LogP contribution in [0.1, 0.15) is 29.6 Å². The number of nitrogen functional groups attached to an aromatic ring is 2. The largest absolute Gasteiger partial charge is 0.468 e. The van der Waals surface area contributed by atoms with Gasteiger partial charge in [0.1, 0.15) is 18.9 Å². The van der Waals surface area contributed by atoms with Gasteiger partial charge in [-0.15, -0.1) is 0 Å². The number of benzene rings is 3. The minimum atomic E-state index is -0.671. The number of carbonyl (C=O) groups excluding carboxylic acids is 3. The number of aryl methyl sites for hydroxylation is 1. The van der Waals surface area contributed by atoms with Gasteiger partial charge in [-0.1, -0.05) is 12.1 Å². The smallest absolute Gasteiger partial charge is 0.322 e. The van der Waals surface area contributed by atoms with Crippen molar-refractivity contribution in [1.82, 2.24) is 10.6 Å². The third kappa shape index (κ3) is 7.58. The van der Waals surface area contributed by atoms with Gasteiger partial charge in [0.05, 0.1) is 24.4 Å². The average molecular weight is 600 g/mol. The van der Waals surface area contributed by atoms with E-state index in [1.165, 1.54) is 7.11 Å². The van der Waals surface area contributed by atoms with Gasteiger partial charge in [0.25, 0.3) is 5.91 Å². The van der Waals surface area contributed by atoms with Crippen molar-refractivity contribution < 1.29 is 23.7 Å². The molecule has 0 saturated carbocycles. The molecule has 1 atom stereocenters. The molecule has 1 aromatic heterocycles. The molecule has 0 fully saturated rings. The number of nitrogens with zero attached hydrogens (tertiary/aromatic N) is 2. The number of anilines is 2. The molecule has 230 valence electrons. The molecule has 0 aliphatic carbocycles. The van der Waals surface area contributed by atoms with E-state index in [4.69, 9.17) is 27.7 Å². The number of ether oxygens (including phenoxy) is 1. The van der Waals surface area contributed by atoms with Gasteiger partial charge in [0.2, 0.25) is 11.2 Å². The molecule has 0 bridgehead atoms. The van der Waals surface area contributed by atoms with Gasteiger partial charge in [-0.3, -0.25) is 24.7 Å². The highest BCUT2D eigenvalue weighted by Crippen LogP contribution is 2.33. The molecular formula is C32H39N8O4+. The summed E-state index contributed by atoms with van der Waals surface area (Å²) in [6, 6.07) is 18.2. The molecule has 12 nitrogen and oxygen atoms in total. The average Bonchev–Trinajstić information content (AvgIpc) is 3.00. The summed E-state index contributed by atoms with van der Waals surface area (Å²) in [6.07, 6.45) is 1.02. The molecule has 0 aliphatic rings. The monoisotopic (exact) mass is 599 g/mol. The lowest BCUT2D eigenvalue weighted by molar-refractivity contribution is -0.632. The lowest BCUT2D eigenvalue weighted by Crippen LogP contribution is -2.41. The lowest BCUT2D eigenvalue weighted by atomic mass is 9.97. The van der Waals surface area contributed by atoms with Crippen molar-refractivity contribution >= 4 is 56.7 Å². The first kappa shape index (κ1) is 31.7. The van der Waals surface area contributed by atoms with Crippen LogP contribution in [0.15, 0.2) is 65.7 Å². The standard InChI is InChI=1S/C32H38N8O4/c1-40-28-17-22(34)9-11-25(28)24-10-8-21(33)16-26(24)29(40)19-5-3-6-20(15-19)30(42)37-14-12-23(41)18-39-27(31(43)44-2)7-4-13-38-32(35)36/h3,5-6,8-11,15-17,27,34,39H,4,7,12-14,18,33H2,1-2H3,(H5,35,36,37,38,42)/p+1. The summed E-state index contributed by atoms with van der Waals surface area (Å²) in [5.41, 5.74) is 27.3. The van der Waals surface area contributed by atoms with Crippen molar-refractivity contribution in [3.63, 3.8) is 0 Å². The number of aromatic nitrogens is 1. The van der Waals surface area contributed by atoms with Crippen molar-refractivity contribution in [2.45, 2.75) is 25.3 Å². The second-order valence-electron chi connectivity index (χ2n) is 10.5. The summed E-state index contributed by atoms with van der Waals surface area (Å²) in [4.78, 5) is 41.6. The van der Waals surface area contributed by atoms with Crippen LogP contribution in [0.5, 0.6) is 0 Å². The molecule has 44 heavy (non-hydrogen) atoms. The summed E-state index contributed by atoms with van der Waals surface area (Å²) >= 11 is 0. The zero-order valence-corrected chi connectivity index (χ0v) is 24.9. The number of methoxy groups -OCH3 is 1. The molecule has 0 saturated heterocycles. The Morgan fingerprint density at radius 1 is 0.955 bits per heavy atom. The molecule has 1 heterocycles. The first-order valence-corrected chi connectivity index (χ1v) is 14.3. The third-order valence-corrected chi connectivity index (χ3v) is 7.37. The Balaban J connectivity index is 1.43. The SMILES string of the molecule is COC(=O)C(CCCN=C(N)N)NCC(=O)CCNC(=O)c1cccc(-c2c3cc(N)ccc3c3ccc(N)cc3[n+]2C)c1. The summed E-state index contributed by atoms with van der Waals surface area (Å²) in [5, 5.41) is 8.75. The Bertz CT molecular complexity index is 1730. The van der Waals surface area contributed by atoms with Crippen molar-refractivity contribution in [3.05, 3.63) is 66.2 Å². The summed E-state index contributed by atoms with van der Waals surface area (Å²) < 4.78 is 6.88. The van der Waals surface area contributed by atoms with Gasteiger partial charge in [0, 0.05) is 53.5 Å². The number of carbonyl (C=O) groups is 3. The zero-order valence-electron chi connectivity index (χ0n) is 24.9. The topological polar surface area (TPSA) is 205 Å². The quantitative estimate of drug-likeness (QED) is 0.0250. The van der Waals surface area contributed by atoms with E-state index in [1.807, 2.05) is 61.6 Å². The highest BCUT2D eigenvalue weighted by Gasteiger charge is 2.23. The van der Waals surface area contributed by atoms with Crippen LogP contribution in [0.4, 0.5) is 11.4 Å². The summed E-state index contributed by atoms with van der Waals surface area (Å²) in [7, 11) is 3.24. The Hall–Kier alpha value is -5.23. The highest BCUT2D eigenvalue weighted by molar-refractivity contribution is 6.10. The fourth-order valence-electron chi connectivity index (χ4n) is 5.20. The van der Waals surface area contributed by atoms with E-state index >= 15 is 0 Å². The molecule has 1 amide bonds. The number of nitrogens with one attached hydrogen (secondary N) is 2. The van der Waals surface area contributed by atoms with Crippen LogP contribution in [0.3, 0.4) is 0 Å². The van der Waals surface area contributed by atoms with Gasteiger partial charge in [-0.25, -0.2) is 0 Å². The van der Waals surface area contributed by atoms with E-state index in [1.54, 1.807) is 6.07 Å². The predicted octanol–water partition coefficient (Wildman–Crippen LogP) is 1.52. The molecule has 0 aliphatic heterocycles. The number of amides is 1. The lowest BCUT2D eigenvalue weighted by Gasteiger charge is -2.15. The fourth-order valence-corrected chi connectivity index (χ4v) is 5.20. The summed E-state index contributed by atoms with van der Waals surface area (Å²) in [6.45, 7) is 0.447. The van der Waals surface area contributed by atoms with Gasteiger partial charge >= 0.3 is 5.97 Å². The maximum Gasteiger partial charge on any atom is 0.322 e. The van der Waals surface area contributed by atoms with E-state index in [2.05, 4.69) is 20.2 Å². The van der Waals surface area contributed by atoms with Crippen molar-refractivity contribution in [3.8, 4) is 11.3 Å². The van der Waals surface area contributed by atoms with Crippen LogP contribution < -0.4 is 38.1 Å². The van der Waals surface area contributed by atoms with Gasteiger partial charge < -0.3 is 33.0 Å². The number of Topliss-reactive ketones (excluding diaryl/α,β-unsaturated/α-hetero) is 1. The van der Waals surface area contributed by atoms with Gasteiger partial charge in [-0.05, 0) is 55.3 Å². The number of rotatable bonds is 13. The van der Waals surface area contributed by atoms with Crippen molar-refractivity contribution in [2.24, 2.45) is 23.5 Å². The molecule has 4 aromatic rings. The number of pyridine rings is 1. The second kappa shape index (κ2) is 14.3. The van der Waals surface area contributed by atoms with Gasteiger partial charge in [0.15, 0.2) is 5.96 Å². The maximum atomic E-state index is 13.1. The normalized spacial score (nSPS) is 11.7. The van der Waals surface area contributed by atoms with Crippen molar-refractivity contribution in [1.29, 1.82) is 0 Å². The number of nitrogens with two attached hydrogens (primary N) is 4. The predicted molar refractivity (Wildman–Crippen MR) is 173 cm³/mol. The van der Waals surface area contributed by atoms with E-state index in [0.29, 0.717) is 36.3 Å². The van der Waals surface area contributed by atoms with Crippen LogP contribution in [-0.4, -0.2) is 56.4 Å². The maximum absolute atomic E-state index is 13.1. The zero-order chi connectivity index (χ0) is 31.8. The molecule has 1 unspecified atom stereocenters. The van der Waals surface area contributed by atoms with Crippen LogP contribution in [-0.2, 0) is 21.4 Å². The number of esters is 1. The first-order valence-electron chi connectivity index (χ1n) is 14.3. The van der Waals surface area contributed by atoms with Crippen LogP contribution >= 0.6 is 0 Å². The first-order chi connectivity index (χ1) is 21.1. The Labute approximate surface area is 255 Å². The van der Waals surface area contributed by atoms with E-state index in [0.717, 1.165) is 32.9 Å². The van der Waals surface area contributed by atoms with Crippen LogP contribution in [0, 0.1) is 0 Å². The molecule has 4 rings (SSSR count). The number of hydrogen-bond acceptors (Lipinski definition) is 8. The molecule has 0 spiro atoms. The minimum absolute atomic E-state index is 0.0245. The third-order valence-electron chi connectivity index (χ3n) is 7.37. The second-order valence-corrected chi connectivity index (χ2v) is 10.5. The van der Waals surface area contributed by atoms with E-state index in [-0.39, 0.29) is 37.2 Å². The number of fused-ring (bicyclic) bond motifs is 3. The van der Waals surface area contributed by atoms with Crippen LogP contribution in [0.2, 0.25) is 0 Å². The van der Waals surface area contributed by atoms with E-state index < -0.39 is 12.0 Å². The number of guanidine groups is 1. The Kier molecular flexibility index (Phi) is 10.3. The minimum Gasteiger partial charge on any atom is -0.468 e. The number of hydrogen-bond donors (Lipinski definition) is 6. The number of ketones is 1. The van der Waals surface area contributed by atoms with E-state index in [9.17, 15) is 14.4 Å². The van der Waals surface area contributed by atoms with Crippen LogP contribution in [0.25, 0.3) is 32.9 Å². The number of aliphatic imine (C=N–C) groups is 1. The highest BCUT2D eigenvalue weighted by atomic mass is 16.5. The Morgan fingerprint density at radius 2 is 1.68 bits per heavy atom. The summed E-state index contributed by atoms with van der Waals surface area (Å²) in [5.74, 6) is -0.974. The Morgan fingerprint density at radius 3 is 2.41 bits per heavy atom. The molecule has 3 aromatic carbocycles. The molecule has 10 N–H and O–H groups in total. The van der Waals surface area contributed by atoms with Gasteiger partial charge in [-0.2, -0.15) is 4.57 Å². The molecular weight excluding hydrogens is 560 g/mol. The molecule has 0 radical (unpaired) electrons.